The Hall–Kier alpha value is -3.33. The molecule has 0 bridgehead atoms. The first-order valence-electron chi connectivity index (χ1n) is 30.6. The number of hydrogen-bond donors (Lipinski definition) is 0. The lowest BCUT2D eigenvalue weighted by atomic mass is 10.0. The van der Waals surface area contributed by atoms with Crippen LogP contribution in [0.15, 0.2) is 109 Å². The van der Waals surface area contributed by atoms with Crippen LogP contribution in [-0.4, -0.2) is 70.0 Å². The number of likely N-dealkylation sites (N-methyl/N-ethyl adjacent to an activating group) is 1. The fourth-order valence-corrected chi connectivity index (χ4v) is 8.81. The van der Waals surface area contributed by atoms with Crippen LogP contribution in [-0.2, 0) is 32.7 Å². The van der Waals surface area contributed by atoms with Gasteiger partial charge in [0.15, 0.2) is 6.10 Å². The fourth-order valence-electron chi connectivity index (χ4n) is 8.08. The number of nitrogens with zero attached hydrogens (tertiary/aromatic N) is 1. The van der Waals surface area contributed by atoms with E-state index in [-0.39, 0.29) is 32.0 Å². The van der Waals surface area contributed by atoms with Crippen LogP contribution >= 0.6 is 7.82 Å². The summed E-state index contributed by atoms with van der Waals surface area (Å²) in [5.41, 5.74) is 0. The summed E-state index contributed by atoms with van der Waals surface area (Å²) in [6.45, 7) is 4.09. The van der Waals surface area contributed by atoms with Gasteiger partial charge < -0.3 is 27.9 Å². The summed E-state index contributed by atoms with van der Waals surface area (Å²) in [5.74, 6) is -0.843. The van der Waals surface area contributed by atoms with Gasteiger partial charge in [0.25, 0.3) is 7.82 Å². The molecule has 0 radical (unpaired) electrons. The quantitative estimate of drug-likeness (QED) is 0.0195. The van der Waals surface area contributed by atoms with Crippen molar-refractivity contribution in [2.75, 3.05) is 47.5 Å². The topological polar surface area (TPSA) is 111 Å². The van der Waals surface area contributed by atoms with Crippen LogP contribution in [0.2, 0.25) is 0 Å². The molecule has 9 nitrogen and oxygen atoms in total. The van der Waals surface area contributed by atoms with E-state index >= 15 is 0 Å². The van der Waals surface area contributed by atoms with Gasteiger partial charge in [0.05, 0.1) is 27.7 Å². The molecule has 0 amide bonds. The lowest BCUT2D eigenvalue weighted by Crippen LogP contribution is -2.37. The van der Waals surface area contributed by atoms with Gasteiger partial charge in [-0.25, -0.2) is 0 Å². The van der Waals surface area contributed by atoms with Gasteiger partial charge in [0.2, 0.25) is 0 Å². The molecule has 0 rings (SSSR count). The van der Waals surface area contributed by atoms with Crippen molar-refractivity contribution in [1.82, 2.24) is 0 Å². The van der Waals surface area contributed by atoms with E-state index in [0.717, 1.165) is 109 Å². The van der Waals surface area contributed by atoms with Crippen molar-refractivity contribution >= 4 is 19.8 Å². The third kappa shape index (κ3) is 59.9. The van der Waals surface area contributed by atoms with Gasteiger partial charge >= 0.3 is 11.9 Å². The molecule has 0 fully saturated rings. The lowest BCUT2D eigenvalue weighted by Gasteiger charge is -2.28. The number of phosphoric ester groups is 1. The normalized spacial score (nSPS) is 14.0. The number of esters is 2. The first kappa shape index (κ1) is 72.7. The van der Waals surface area contributed by atoms with Crippen LogP contribution in [0.3, 0.4) is 0 Å². The highest BCUT2D eigenvalue weighted by Crippen LogP contribution is 2.38. The van der Waals surface area contributed by atoms with E-state index in [0.29, 0.717) is 17.4 Å². The molecule has 0 saturated heterocycles. The summed E-state index contributed by atoms with van der Waals surface area (Å²) in [7, 11) is 1.15. The third-order valence-corrected chi connectivity index (χ3v) is 13.7. The summed E-state index contributed by atoms with van der Waals surface area (Å²) in [6, 6.07) is 0. The highest BCUT2D eigenvalue weighted by Gasteiger charge is 2.22. The van der Waals surface area contributed by atoms with Crippen molar-refractivity contribution in [3.05, 3.63) is 109 Å². The van der Waals surface area contributed by atoms with E-state index < -0.39 is 26.5 Å². The highest BCUT2D eigenvalue weighted by molar-refractivity contribution is 7.45. The average Bonchev–Trinajstić information content (AvgIpc) is 3.38. The van der Waals surface area contributed by atoms with Gasteiger partial charge in [-0.15, -0.1) is 0 Å². The highest BCUT2D eigenvalue weighted by atomic mass is 31.2. The molecule has 76 heavy (non-hydrogen) atoms. The zero-order valence-corrected chi connectivity index (χ0v) is 50.3. The summed E-state index contributed by atoms with van der Waals surface area (Å²) < 4.78 is 34.2. The Morgan fingerprint density at radius 1 is 0.421 bits per heavy atom. The molecule has 0 aromatic heterocycles. The predicted octanol–water partition coefficient (Wildman–Crippen LogP) is 18.7. The Kier molecular flexibility index (Phi) is 53.9. The minimum absolute atomic E-state index is 0.0367. The van der Waals surface area contributed by atoms with Crippen LogP contribution in [0.5, 0.6) is 0 Å². The van der Waals surface area contributed by atoms with Crippen molar-refractivity contribution in [3.63, 3.8) is 0 Å². The van der Waals surface area contributed by atoms with Gasteiger partial charge in [-0.2, -0.15) is 0 Å². The molecule has 0 heterocycles. The minimum atomic E-state index is -4.64. The second-order valence-corrected chi connectivity index (χ2v) is 22.7. The van der Waals surface area contributed by atoms with Crippen molar-refractivity contribution in [2.45, 2.75) is 251 Å². The first-order chi connectivity index (χ1) is 37.0. The van der Waals surface area contributed by atoms with Crippen LogP contribution in [0.1, 0.15) is 245 Å². The molecule has 2 atom stereocenters. The molecule has 0 N–H and O–H groups in total. The number of hydrogen-bond acceptors (Lipinski definition) is 8. The molecule has 0 aromatic carbocycles. The standard InChI is InChI=1S/C66H114NO8P/c1-6-8-10-12-14-16-18-20-22-24-26-27-28-29-30-31-32-33-34-35-36-37-38-39-41-43-45-47-49-51-53-55-57-59-66(69)75-64(63-74-76(70,71)73-61-60-67(3,4)5)62-72-65(68)58-56-54-52-50-48-46-44-42-40-25-23-21-19-17-15-13-11-9-7-2/h8,10,14-17,20-23,26-27,29-30,32-33,35-36,64H,6-7,9,11-13,18-19,24-25,28,31,34,37-63H2,1-5H3/b10-8-,16-14-,17-15-,22-20-,23-21-,27-26-,30-29-,33-32-,36-35-. The second-order valence-electron chi connectivity index (χ2n) is 21.3. The van der Waals surface area contributed by atoms with Gasteiger partial charge in [-0.1, -0.05) is 239 Å². The maximum atomic E-state index is 12.8. The molecule has 0 aliphatic carbocycles. The number of rotatable bonds is 55. The van der Waals surface area contributed by atoms with Gasteiger partial charge in [0.1, 0.15) is 19.8 Å². The van der Waals surface area contributed by atoms with Crippen molar-refractivity contribution in [1.29, 1.82) is 0 Å². The molecule has 10 heteroatoms. The summed E-state index contributed by atoms with van der Waals surface area (Å²) >= 11 is 0. The Morgan fingerprint density at radius 3 is 1.12 bits per heavy atom. The van der Waals surface area contributed by atoms with Crippen molar-refractivity contribution < 1.29 is 42.1 Å². The molecular formula is C66H114NO8P. The van der Waals surface area contributed by atoms with E-state index in [1.54, 1.807) is 0 Å². The fraction of sp³-hybridized carbons (Fsp3) is 0.697. The molecule has 436 valence electrons. The third-order valence-electron chi connectivity index (χ3n) is 12.8. The van der Waals surface area contributed by atoms with Crippen molar-refractivity contribution in [3.8, 4) is 0 Å². The molecule has 0 aliphatic rings. The molecule has 0 aromatic rings. The number of carbonyl (C=O) groups excluding carboxylic acids is 2. The van der Waals surface area contributed by atoms with Crippen LogP contribution in [0, 0.1) is 0 Å². The van der Waals surface area contributed by atoms with E-state index in [4.69, 9.17) is 18.5 Å². The monoisotopic (exact) mass is 1080 g/mol. The number of quaternary nitrogens is 1. The maximum Gasteiger partial charge on any atom is 0.306 e. The first-order valence-corrected chi connectivity index (χ1v) is 32.1. The largest absolute Gasteiger partial charge is 0.756 e. The predicted molar refractivity (Wildman–Crippen MR) is 323 cm³/mol. The summed E-state index contributed by atoms with van der Waals surface area (Å²) in [4.78, 5) is 37.9. The van der Waals surface area contributed by atoms with Crippen LogP contribution in [0.25, 0.3) is 0 Å². The zero-order valence-electron chi connectivity index (χ0n) is 49.4. The molecule has 0 aliphatic heterocycles. The van der Waals surface area contributed by atoms with Crippen molar-refractivity contribution in [2.24, 2.45) is 0 Å². The molecular weight excluding hydrogens is 966 g/mol. The number of allylic oxidation sites excluding steroid dienone is 18. The minimum Gasteiger partial charge on any atom is -0.756 e. The molecule has 0 spiro atoms. The Balaban J connectivity index is 4.14. The van der Waals surface area contributed by atoms with E-state index in [1.807, 2.05) is 21.1 Å². The summed E-state index contributed by atoms with van der Waals surface area (Å²) in [6.07, 6.45) is 78.5. The zero-order chi connectivity index (χ0) is 55.6. The number of carbonyl (C=O) groups is 2. The smallest absolute Gasteiger partial charge is 0.306 e. The van der Waals surface area contributed by atoms with E-state index in [2.05, 4.69) is 123 Å². The van der Waals surface area contributed by atoms with Gasteiger partial charge in [0, 0.05) is 12.8 Å². The lowest BCUT2D eigenvalue weighted by molar-refractivity contribution is -0.870. The molecule has 2 unspecified atom stereocenters. The number of phosphoric acid groups is 1. The average molecular weight is 1080 g/mol. The SMILES string of the molecule is CC/C=C\C/C=C\C/C=C\C/C=C\C/C=C\C/C=C\C/C=C\CCCCCCCCCCCCCC(=O)OC(COC(=O)CCCCCCCCCCC/C=C\C/C=C\CCCCC)COP(=O)([O-])OCC[N+](C)(C)C. The van der Waals surface area contributed by atoms with Gasteiger partial charge in [-0.3, -0.25) is 14.2 Å². The number of unbranched alkanes of at least 4 members (excludes halogenated alkanes) is 23. The second kappa shape index (κ2) is 56.4. The van der Waals surface area contributed by atoms with E-state index in [1.165, 1.54) is 103 Å². The Morgan fingerprint density at radius 2 is 0.750 bits per heavy atom. The van der Waals surface area contributed by atoms with Crippen LogP contribution < -0.4 is 4.89 Å². The Bertz CT molecular complexity index is 1650. The maximum absolute atomic E-state index is 12.8. The van der Waals surface area contributed by atoms with Crippen LogP contribution in [0.4, 0.5) is 0 Å². The van der Waals surface area contributed by atoms with Gasteiger partial charge in [-0.05, 0) is 103 Å². The Labute approximate surface area is 467 Å². The molecule has 0 saturated carbocycles. The number of ether oxygens (including phenoxy) is 2. The summed E-state index contributed by atoms with van der Waals surface area (Å²) in [5, 5.41) is 0. The van der Waals surface area contributed by atoms with E-state index in [9.17, 15) is 19.0 Å².